The highest BCUT2D eigenvalue weighted by atomic mass is 19.1. The van der Waals surface area contributed by atoms with Gasteiger partial charge in [0.25, 0.3) is 0 Å². The molecule has 32 heavy (non-hydrogen) atoms. The molecule has 2 heterocycles. The van der Waals surface area contributed by atoms with Crippen molar-refractivity contribution in [3.8, 4) is 5.75 Å². The Morgan fingerprint density at radius 1 is 1.12 bits per heavy atom. The number of ether oxygens (including phenoxy) is 1. The Morgan fingerprint density at radius 3 is 2.59 bits per heavy atom. The Kier molecular flexibility index (Phi) is 6.44. The fourth-order valence-corrected chi connectivity index (χ4v) is 3.65. The summed E-state index contributed by atoms with van der Waals surface area (Å²) in [6.45, 7) is 2.48. The van der Waals surface area contributed by atoms with Crippen LogP contribution in [0.5, 0.6) is 5.75 Å². The maximum atomic E-state index is 13.1. The maximum Gasteiger partial charge on any atom is 0.220 e. The average molecular weight is 432 g/mol. The number of pyridine rings is 1. The Labute approximate surface area is 186 Å². The number of hydrogen-bond acceptors (Lipinski definition) is 4. The summed E-state index contributed by atoms with van der Waals surface area (Å²) in [4.78, 5) is 21.8. The second-order valence-corrected chi connectivity index (χ2v) is 7.65. The smallest absolute Gasteiger partial charge is 0.220 e. The van der Waals surface area contributed by atoms with E-state index in [1.54, 1.807) is 25.4 Å². The fourth-order valence-electron chi connectivity index (χ4n) is 3.65. The number of halogens is 1. The second-order valence-electron chi connectivity index (χ2n) is 7.65. The third-order valence-corrected chi connectivity index (χ3v) is 5.41. The summed E-state index contributed by atoms with van der Waals surface area (Å²) < 4.78 is 20.4. The van der Waals surface area contributed by atoms with E-state index in [4.69, 9.17) is 9.72 Å². The summed E-state index contributed by atoms with van der Waals surface area (Å²) in [6.07, 6.45) is 2.52. The van der Waals surface area contributed by atoms with Gasteiger partial charge in [0, 0.05) is 19.0 Å². The number of nitrogens with zero attached hydrogens (tertiary/aromatic N) is 3. The third-order valence-electron chi connectivity index (χ3n) is 5.41. The van der Waals surface area contributed by atoms with Gasteiger partial charge in [0.2, 0.25) is 5.91 Å². The first-order chi connectivity index (χ1) is 15.5. The second kappa shape index (κ2) is 9.60. The summed E-state index contributed by atoms with van der Waals surface area (Å²) in [7, 11) is 1.64. The molecule has 4 rings (SSSR count). The summed E-state index contributed by atoms with van der Waals surface area (Å²) >= 11 is 0. The lowest BCUT2D eigenvalue weighted by molar-refractivity contribution is -0.121. The number of fused-ring (bicyclic) bond motifs is 1. The number of aryl methyl sites for hydroxylation is 1. The number of aromatic nitrogens is 3. The number of rotatable bonds is 8. The van der Waals surface area contributed by atoms with Gasteiger partial charge in [0.15, 0.2) is 5.65 Å². The topological polar surface area (TPSA) is 69.0 Å². The van der Waals surface area contributed by atoms with Crippen LogP contribution >= 0.6 is 0 Å². The van der Waals surface area contributed by atoms with Crippen LogP contribution in [0.15, 0.2) is 66.9 Å². The Morgan fingerprint density at radius 2 is 1.88 bits per heavy atom. The summed E-state index contributed by atoms with van der Waals surface area (Å²) in [5, 5.41) is 2.97. The number of hydrogen-bond donors (Lipinski definition) is 1. The van der Waals surface area contributed by atoms with Gasteiger partial charge in [0.1, 0.15) is 22.9 Å². The third kappa shape index (κ3) is 4.94. The zero-order chi connectivity index (χ0) is 22.5. The molecule has 6 nitrogen and oxygen atoms in total. The molecule has 164 valence electrons. The van der Waals surface area contributed by atoms with Crippen molar-refractivity contribution in [1.82, 2.24) is 19.9 Å². The lowest BCUT2D eigenvalue weighted by Gasteiger charge is -2.14. The van der Waals surface area contributed by atoms with Crippen molar-refractivity contribution in [3.63, 3.8) is 0 Å². The number of nitrogens with one attached hydrogen (secondary N) is 1. The fraction of sp³-hybridized carbons (Fsp3) is 0.240. The van der Waals surface area contributed by atoms with Gasteiger partial charge in [-0.2, -0.15) is 0 Å². The van der Waals surface area contributed by atoms with E-state index >= 15 is 0 Å². The van der Waals surface area contributed by atoms with Crippen LogP contribution in [0.25, 0.3) is 11.2 Å². The molecule has 2 aromatic heterocycles. The van der Waals surface area contributed by atoms with Crippen LogP contribution in [0.4, 0.5) is 4.39 Å². The highest BCUT2D eigenvalue weighted by Gasteiger charge is 2.15. The summed E-state index contributed by atoms with van der Waals surface area (Å²) in [5.41, 5.74) is 3.54. The first kappa shape index (κ1) is 21.5. The molecule has 0 aliphatic heterocycles. The van der Waals surface area contributed by atoms with Gasteiger partial charge in [-0.15, -0.1) is 0 Å². The van der Waals surface area contributed by atoms with E-state index in [9.17, 15) is 9.18 Å². The average Bonchev–Trinajstić information content (AvgIpc) is 3.16. The van der Waals surface area contributed by atoms with E-state index in [0.29, 0.717) is 13.0 Å². The van der Waals surface area contributed by atoms with E-state index in [1.165, 1.54) is 12.1 Å². The molecule has 0 radical (unpaired) electrons. The van der Waals surface area contributed by atoms with Crippen LogP contribution in [0.2, 0.25) is 0 Å². The predicted molar refractivity (Wildman–Crippen MR) is 121 cm³/mol. The molecule has 0 bridgehead atoms. The van der Waals surface area contributed by atoms with Gasteiger partial charge in [0.05, 0.1) is 19.7 Å². The number of carbonyl (C=O) groups is 1. The number of benzene rings is 2. The van der Waals surface area contributed by atoms with Crippen LogP contribution in [0, 0.1) is 5.82 Å². The van der Waals surface area contributed by atoms with Crippen LogP contribution in [-0.4, -0.2) is 27.6 Å². The first-order valence-corrected chi connectivity index (χ1v) is 10.5. The van der Waals surface area contributed by atoms with Crippen molar-refractivity contribution in [2.75, 3.05) is 7.11 Å². The summed E-state index contributed by atoms with van der Waals surface area (Å²) in [5.74, 6) is 1.23. The molecular formula is C25H25FN4O2. The molecular weight excluding hydrogens is 407 g/mol. The first-order valence-electron chi connectivity index (χ1n) is 10.5. The molecule has 1 N–H and O–H groups in total. The number of amides is 1. The number of carbonyl (C=O) groups excluding carboxylic acids is 1. The maximum absolute atomic E-state index is 13.1. The SMILES string of the molecule is COc1ccc(Cn2c(CCC(=O)N[C@@H](C)c3ccc(F)cc3)nc3cccnc32)cc1. The molecule has 0 aliphatic rings. The lowest BCUT2D eigenvalue weighted by Crippen LogP contribution is -2.27. The molecule has 1 atom stereocenters. The number of methoxy groups -OCH3 is 1. The lowest BCUT2D eigenvalue weighted by atomic mass is 10.1. The van der Waals surface area contributed by atoms with Gasteiger partial charge in [-0.25, -0.2) is 14.4 Å². The largest absolute Gasteiger partial charge is 0.497 e. The number of imidazole rings is 1. The molecule has 0 saturated heterocycles. The van der Waals surface area contributed by atoms with Crippen molar-refractivity contribution >= 4 is 17.1 Å². The molecule has 0 fully saturated rings. The minimum Gasteiger partial charge on any atom is -0.497 e. The Bertz CT molecular complexity index is 1200. The van der Waals surface area contributed by atoms with Crippen LogP contribution in [0.3, 0.4) is 0 Å². The molecule has 1 amide bonds. The van der Waals surface area contributed by atoms with Crippen molar-refractivity contribution in [1.29, 1.82) is 0 Å². The van der Waals surface area contributed by atoms with E-state index in [1.807, 2.05) is 47.9 Å². The molecule has 0 unspecified atom stereocenters. The van der Waals surface area contributed by atoms with E-state index in [2.05, 4.69) is 10.3 Å². The van der Waals surface area contributed by atoms with Gasteiger partial charge in [-0.05, 0) is 54.4 Å². The molecule has 4 aromatic rings. The van der Waals surface area contributed by atoms with Crippen LogP contribution in [0.1, 0.15) is 36.3 Å². The van der Waals surface area contributed by atoms with Crippen LogP contribution < -0.4 is 10.1 Å². The van der Waals surface area contributed by atoms with E-state index < -0.39 is 0 Å². The minimum absolute atomic E-state index is 0.0853. The van der Waals surface area contributed by atoms with Crippen molar-refractivity contribution in [3.05, 3.63) is 89.6 Å². The Balaban J connectivity index is 1.47. The van der Waals surface area contributed by atoms with Crippen molar-refractivity contribution in [2.24, 2.45) is 0 Å². The van der Waals surface area contributed by atoms with Gasteiger partial charge in [-0.1, -0.05) is 24.3 Å². The quantitative estimate of drug-likeness (QED) is 0.447. The molecule has 0 aliphatic carbocycles. The van der Waals surface area contributed by atoms with Crippen molar-refractivity contribution < 1.29 is 13.9 Å². The van der Waals surface area contributed by atoms with E-state index in [-0.39, 0.29) is 24.2 Å². The normalized spacial score (nSPS) is 12.0. The minimum atomic E-state index is -0.295. The molecule has 7 heteroatoms. The van der Waals surface area contributed by atoms with Gasteiger partial charge >= 0.3 is 0 Å². The zero-order valence-corrected chi connectivity index (χ0v) is 18.1. The van der Waals surface area contributed by atoms with Gasteiger partial charge < -0.3 is 14.6 Å². The Hall–Kier alpha value is -3.74. The molecule has 0 spiro atoms. The van der Waals surface area contributed by atoms with Gasteiger partial charge in [-0.3, -0.25) is 4.79 Å². The van der Waals surface area contributed by atoms with E-state index in [0.717, 1.165) is 33.9 Å². The zero-order valence-electron chi connectivity index (χ0n) is 18.1. The highest BCUT2D eigenvalue weighted by molar-refractivity contribution is 5.77. The summed E-state index contributed by atoms with van der Waals surface area (Å²) in [6, 6.07) is 17.6. The standard InChI is InChI=1S/C25H25FN4O2/c1-17(19-7-9-20(26)10-8-19)28-24(31)14-13-23-29-22-4-3-15-27-25(22)30(23)16-18-5-11-21(32-2)12-6-18/h3-12,15,17H,13-14,16H2,1-2H3,(H,28,31)/t17-/m0/s1. The monoisotopic (exact) mass is 432 g/mol. The predicted octanol–water partition coefficient (Wildman–Crippen LogP) is 4.44. The van der Waals surface area contributed by atoms with Crippen molar-refractivity contribution in [2.45, 2.75) is 32.4 Å². The highest BCUT2D eigenvalue weighted by Crippen LogP contribution is 2.19. The molecule has 0 saturated carbocycles. The van der Waals surface area contributed by atoms with Crippen LogP contribution in [-0.2, 0) is 17.8 Å². The molecule has 2 aromatic carbocycles.